The van der Waals surface area contributed by atoms with Gasteiger partial charge in [0.25, 0.3) is 0 Å². The van der Waals surface area contributed by atoms with Crippen LogP contribution in [0.2, 0.25) is 0 Å². The molecule has 0 aliphatic heterocycles. The summed E-state index contributed by atoms with van der Waals surface area (Å²) in [5.41, 5.74) is 1.38. The first kappa shape index (κ1) is 15.1. The van der Waals surface area contributed by atoms with Crippen LogP contribution in [0.15, 0.2) is 24.3 Å². The first-order valence-electron chi connectivity index (χ1n) is 7.37. The smallest absolute Gasteiger partial charge is 0.119 e. The summed E-state index contributed by atoms with van der Waals surface area (Å²) in [5.74, 6) is 1.03. The minimum absolute atomic E-state index is 0.850. The fourth-order valence-electron chi connectivity index (χ4n) is 2.02. The second-order valence-corrected chi connectivity index (χ2v) is 4.87. The van der Waals surface area contributed by atoms with Gasteiger partial charge in [-0.3, -0.25) is 0 Å². The molecule has 0 aliphatic carbocycles. The molecule has 0 bridgehead atoms. The monoisotopic (exact) mass is 247 g/mol. The number of unbranched alkanes of at least 4 members (excludes halogenated alkanes) is 5. The zero-order valence-corrected chi connectivity index (χ0v) is 11.8. The van der Waals surface area contributed by atoms with Gasteiger partial charge >= 0.3 is 0 Å². The molecule has 0 atom stereocenters. The Bertz CT molecular complexity index is 306. The van der Waals surface area contributed by atoms with Gasteiger partial charge in [0.05, 0.1) is 6.61 Å². The van der Waals surface area contributed by atoms with E-state index in [0.717, 1.165) is 25.2 Å². The van der Waals surface area contributed by atoms with Gasteiger partial charge in [0.15, 0.2) is 0 Å². The molecule has 0 N–H and O–H groups in total. The molecule has 1 heteroatoms. The summed E-state index contributed by atoms with van der Waals surface area (Å²) in [6, 6.07) is 8.53. The molecule has 0 saturated heterocycles. The minimum Gasteiger partial charge on any atom is -0.494 e. The lowest BCUT2D eigenvalue weighted by Crippen LogP contribution is -1.97. The highest BCUT2D eigenvalue weighted by Gasteiger charge is 1.97. The summed E-state index contributed by atoms with van der Waals surface area (Å²) in [6.07, 6.45) is 9.65. The standard InChI is InChI=1S/C17H27O/c1-3-5-7-9-14-18-17-13-10-12-16(15-17)11-8-6-4-2/h10,12-13,15H,2-9,11,14H2,1H3. The second-order valence-electron chi connectivity index (χ2n) is 4.87. The van der Waals surface area contributed by atoms with Crippen molar-refractivity contribution in [1.29, 1.82) is 0 Å². The van der Waals surface area contributed by atoms with E-state index in [1.165, 1.54) is 44.1 Å². The van der Waals surface area contributed by atoms with Crippen molar-refractivity contribution in [3.05, 3.63) is 36.8 Å². The average molecular weight is 247 g/mol. The normalized spacial score (nSPS) is 10.6. The topological polar surface area (TPSA) is 9.23 Å². The van der Waals surface area contributed by atoms with Crippen molar-refractivity contribution in [2.24, 2.45) is 0 Å². The Kier molecular flexibility index (Phi) is 8.37. The average Bonchev–Trinajstić information content (AvgIpc) is 2.39. The van der Waals surface area contributed by atoms with Gasteiger partial charge in [-0.1, -0.05) is 58.1 Å². The number of hydrogen-bond donors (Lipinski definition) is 0. The van der Waals surface area contributed by atoms with Crippen LogP contribution >= 0.6 is 0 Å². The third-order valence-electron chi connectivity index (χ3n) is 3.13. The van der Waals surface area contributed by atoms with Gasteiger partial charge in [0, 0.05) is 0 Å². The second kappa shape index (κ2) is 9.99. The SMILES string of the molecule is [CH2]CCCCc1cccc(OCCCCCC)c1. The number of hydrogen-bond acceptors (Lipinski definition) is 1. The van der Waals surface area contributed by atoms with E-state index in [1.54, 1.807) is 0 Å². The van der Waals surface area contributed by atoms with E-state index in [0.29, 0.717) is 0 Å². The highest BCUT2D eigenvalue weighted by atomic mass is 16.5. The van der Waals surface area contributed by atoms with Gasteiger partial charge < -0.3 is 4.74 Å². The molecule has 1 nitrogen and oxygen atoms in total. The summed E-state index contributed by atoms with van der Waals surface area (Å²) < 4.78 is 5.79. The molecule has 0 fully saturated rings. The Morgan fingerprint density at radius 1 is 1.06 bits per heavy atom. The highest BCUT2D eigenvalue weighted by molar-refractivity contribution is 5.28. The predicted octanol–water partition coefficient (Wildman–Crippen LogP) is 5.19. The van der Waals surface area contributed by atoms with Crippen LogP contribution in [0.5, 0.6) is 5.75 Å². The van der Waals surface area contributed by atoms with Crippen LogP contribution in [0, 0.1) is 6.92 Å². The quantitative estimate of drug-likeness (QED) is 0.517. The van der Waals surface area contributed by atoms with Gasteiger partial charge in [-0.2, -0.15) is 0 Å². The first-order chi connectivity index (χ1) is 8.86. The fraction of sp³-hybridized carbons (Fsp3) is 0.588. The largest absolute Gasteiger partial charge is 0.494 e. The van der Waals surface area contributed by atoms with E-state index in [1.807, 2.05) is 0 Å². The van der Waals surface area contributed by atoms with Crippen molar-refractivity contribution >= 4 is 0 Å². The van der Waals surface area contributed by atoms with Gasteiger partial charge in [-0.25, -0.2) is 0 Å². The number of benzene rings is 1. The van der Waals surface area contributed by atoms with Crippen LogP contribution in [0.3, 0.4) is 0 Å². The van der Waals surface area contributed by atoms with Gasteiger partial charge in [-0.15, -0.1) is 0 Å². The van der Waals surface area contributed by atoms with Crippen molar-refractivity contribution < 1.29 is 4.74 Å². The van der Waals surface area contributed by atoms with Crippen molar-refractivity contribution in [1.82, 2.24) is 0 Å². The Balaban J connectivity index is 2.26. The molecular formula is C17H27O. The molecule has 1 radical (unpaired) electrons. The Labute approximate surface area is 113 Å². The Hall–Kier alpha value is -0.980. The van der Waals surface area contributed by atoms with Crippen LogP contribution in [0.1, 0.15) is 57.4 Å². The van der Waals surface area contributed by atoms with E-state index in [9.17, 15) is 0 Å². The molecule has 0 aliphatic rings. The third kappa shape index (κ3) is 6.68. The van der Waals surface area contributed by atoms with Crippen molar-refractivity contribution in [3.8, 4) is 5.75 Å². The zero-order chi connectivity index (χ0) is 13.1. The number of rotatable bonds is 10. The van der Waals surface area contributed by atoms with Crippen LogP contribution < -0.4 is 4.74 Å². The summed E-state index contributed by atoms with van der Waals surface area (Å²) in [7, 11) is 0. The maximum atomic E-state index is 5.79. The summed E-state index contributed by atoms with van der Waals surface area (Å²) >= 11 is 0. The lowest BCUT2D eigenvalue weighted by molar-refractivity contribution is 0.305. The van der Waals surface area contributed by atoms with Crippen LogP contribution in [-0.2, 0) is 6.42 Å². The fourth-order valence-corrected chi connectivity index (χ4v) is 2.02. The summed E-state index contributed by atoms with van der Waals surface area (Å²) in [6.45, 7) is 6.96. The first-order valence-corrected chi connectivity index (χ1v) is 7.37. The lowest BCUT2D eigenvalue weighted by atomic mass is 10.1. The molecule has 0 heterocycles. The molecule has 101 valence electrons. The number of ether oxygens (including phenoxy) is 1. The lowest BCUT2D eigenvalue weighted by Gasteiger charge is -2.08. The maximum Gasteiger partial charge on any atom is 0.119 e. The van der Waals surface area contributed by atoms with E-state index < -0.39 is 0 Å². The molecule has 1 aromatic carbocycles. The molecule has 0 spiro atoms. The highest BCUT2D eigenvalue weighted by Crippen LogP contribution is 2.16. The molecule has 18 heavy (non-hydrogen) atoms. The maximum absolute atomic E-state index is 5.79. The van der Waals surface area contributed by atoms with E-state index in [-0.39, 0.29) is 0 Å². The molecular weight excluding hydrogens is 220 g/mol. The van der Waals surface area contributed by atoms with Crippen molar-refractivity contribution in [2.75, 3.05) is 6.61 Å². The zero-order valence-electron chi connectivity index (χ0n) is 11.8. The van der Waals surface area contributed by atoms with Crippen LogP contribution in [0.4, 0.5) is 0 Å². The van der Waals surface area contributed by atoms with Crippen molar-refractivity contribution in [2.45, 2.75) is 58.3 Å². The third-order valence-corrected chi connectivity index (χ3v) is 3.13. The molecule has 0 amide bonds. The van der Waals surface area contributed by atoms with E-state index in [4.69, 9.17) is 4.74 Å². The molecule has 1 rings (SSSR count). The number of aryl methyl sites for hydroxylation is 1. The van der Waals surface area contributed by atoms with E-state index >= 15 is 0 Å². The van der Waals surface area contributed by atoms with Gasteiger partial charge in [-0.05, 0) is 37.0 Å². The molecule has 0 aromatic heterocycles. The Morgan fingerprint density at radius 3 is 2.72 bits per heavy atom. The minimum atomic E-state index is 0.850. The van der Waals surface area contributed by atoms with E-state index in [2.05, 4.69) is 38.1 Å². The van der Waals surface area contributed by atoms with Crippen molar-refractivity contribution in [3.63, 3.8) is 0 Å². The van der Waals surface area contributed by atoms with Crippen LogP contribution in [-0.4, -0.2) is 6.61 Å². The van der Waals surface area contributed by atoms with Crippen LogP contribution in [0.25, 0.3) is 0 Å². The van der Waals surface area contributed by atoms with Gasteiger partial charge in [0.2, 0.25) is 0 Å². The molecule has 0 unspecified atom stereocenters. The Morgan fingerprint density at radius 2 is 1.94 bits per heavy atom. The van der Waals surface area contributed by atoms with Gasteiger partial charge in [0.1, 0.15) is 5.75 Å². The molecule has 0 saturated carbocycles. The summed E-state index contributed by atoms with van der Waals surface area (Å²) in [5, 5.41) is 0. The summed E-state index contributed by atoms with van der Waals surface area (Å²) in [4.78, 5) is 0. The molecule has 1 aromatic rings. The predicted molar refractivity (Wildman–Crippen MR) is 79.0 cm³/mol.